The first-order valence-electron chi connectivity index (χ1n) is 5.16. The molecule has 1 aliphatic heterocycles. The van der Waals surface area contributed by atoms with Crippen molar-refractivity contribution in [3.05, 3.63) is 0 Å². The highest BCUT2D eigenvalue weighted by atomic mass is 16.5. The number of methoxy groups -OCH3 is 1. The van der Waals surface area contributed by atoms with E-state index in [1.165, 1.54) is 7.11 Å². The Hall–Kier alpha value is -0.610. The second kappa shape index (κ2) is 4.75. The summed E-state index contributed by atoms with van der Waals surface area (Å²) in [5.41, 5.74) is -0.476. The highest BCUT2D eigenvalue weighted by molar-refractivity contribution is 5.81. The van der Waals surface area contributed by atoms with Crippen molar-refractivity contribution in [3.8, 4) is 0 Å². The molecule has 1 atom stereocenters. The van der Waals surface area contributed by atoms with E-state index in [1.807, 2.05) is 14.0 Å². The molecule has 1 aliphatic rings. The summed E-state index contributed by atoms with van der Waals surface area (Å²) in [4.78, 5) is 13.9. The monoisotopic (exact) mass is 200 g/mol. The minimum absolute atomic E-state index is 0.133. The summed E-state index contributed by atoms with van der Waals surface area (Å²) < 4.78 is 4.87. The normalized spacial score (nSPS) is 28.8. The van der Waals surface area contributed by atoms with Crippen molar-refractivity contribution in [1.29, 1.82) is 0 Å². The minimum Gasteiger partial charge on any atom is -0.468 e. The average molecular weight is 200 g/mol. The van der Waals surface area contributed by atoms with Crippen LogP contribution in [0.25, 0.3) is 0 Å². The van der Waals surface area contributed by atoms with Gasteiger partial charge in [-0.25, -0.2) is 0 Å². The van der Waals surface area contributed by atoms with Gasteiger partial charge in [-0.15, -0.1) is 0 Å². The first kappa shape index (κ1) is 11.5. The fourth-order valence-corrected chi connectivity index (χ4v) is 2.19. The maximum absolute atomic E-state index is 11.7. The molecule has 1 heterocycles. The maximum Gasteiger partial charge on any atom is 0.327 e. The third-order valence-electron chi connectivity index (χ3n) is 2.77. The molecule has 0 aromatic rings. The van der Waals surface area contributed by atoms with Crippen molar-refractivity contribution in [2.75, 3.05) is 33.8 Å². The van der Waals surface area contributed by atoms with Crippen LogP contribution in [0.15, 0.2) is 0 Å². The number of nitrogens with zero attached hydrogens (tertiary/aromatic N) is 1. The molecular formula is C10H20N2O2. The second-order valence-corrected chi connectivity index (χ2v) is 3.95. The third kappa shape index (κ3) is 2.25. The molecule has 0 aromatic heterocycles. The Kier molecular flexibility index (Phi) is 3.89. The Labute approximate surface area is 85.6 Å². The van der Waals surface area contributed by atoms with E-state index in [0.717, 1.165) is 32.5 Å². The fourth-order valence-electron chi connectivity index (χ4n) is 2.19. The predicted molar refractivity (Wildman–Crippen MR) is 55.2 cm³/mol. The molecule has 1 rings (SSSR count). The average Bonchev–Trinajstić information content (AvgIpc) is 2.17. The Morgan fingerprint density at radius 3 is 2.86 bits per heavy atom. The molecule has 82 valence electrons. The maximum atomic E-state index is 11.7. The molecule has 0 radical (unpaired) electrons. The van der Waals surface area contributed by atoms with Crippen LogP contribution in [-0.4, -0.2) is 50.2 Å². The van der Waals surface area contributed by atoms with Gasteiger partial charge in [-0.1, -0.05) is 6.92 Å². The van der Waals surface area contributed by atoms with E-state index in [0.29, 0.717) is 0 Å². The van der Waals surface area contributed by atoms with Gasteiger partial charge in [-0.3, -0.25) is 4.79 Å². The van der Waals surface area contributed by atoms with Crippen molar-refractivity contribution >= 4 is 5.97 Å². The molecule has 14 heavy (non-hydrogen) atoms. The second-order valence-electron chi connectivity index (χ2n) is 3.95. The Morgan fingerprint density at radius 1 is 1.64 bits per heavy atom. The molecule has 0 spiro atoms. The topological polar surface area (TPSA) is 41.6 Å². The number of rotatable bonds is 3. The van der Waals surface area contributed by atoms with E-state index in [-0.39, 0.29) is 5.97 Å². The van der Waals surface area contributed by atoms with Crippen LogP contribution >= 0.6 is 0 Å². The molecule has 0 aromatic carbocycles. The molecule has 1 N–H and O–H groups in total. The third-order valence-corrected chi connectivity index (χ3v) is 2.77. The van der Waals surface area contributed by atoms with Gasteiger partial charge in [0.15, 0.2) is 0 Å². The van der Waals surface area contributed by atoms with E-state index in [4.69, 9.17) is 4.74 Å². The standard InChI is InChI=1S/C10H20N2O2/c1-4-11-10(9(13)14-3)6-5-7-12(2)8-10/h11H,4-8H2,1-3H3. The quantitative estimate of drug-likeness (QED) is 0.662. The van der Waals surface area contributed by atoms with Gasteiger partial charge in [0.2, 0.25) is 0 Å². The molecule has 1 fully saturated rings. The van der Waals surface area contributed by atoms with Crippen molar-refractivity contribution in [3.63, 3.8) is 0 Å². The molecule has 4 heteroatoms. The zero-order valence-corrected chi connectivity index (χ0v) is 9.30. The first-order chi connectivity index (χ1) is 6.64. The predicted octanol–water partition coefficient (Wildman–Crippen LogP) is 0.233. The Bertz CT molecular complexity index is 204. The Balaban J connectivity index is 2.74. The summed E-state index contributed by atoms with van der Waals surface area (Å²) >= 11 is 0. The lowest BCUT2D eigenvalue weighted by Crippen LogP contribution is -2.61. The van der Waals surface area contributed by atoms with E-state index in [1.54, 1.807) is 0 Å². The van der Waals surface area contributed by atoms with E-state index in [9.17, 15) is 4.79 Å². The van der Waals surface area contributed by atoms with E-state index >= 15 is 0 Å². The number of piperidine rings is 1. The number of carbonyl (C=O) groups is 1. The van der Waals surface area contributed by atoms with Gasteiger partial charge in [0, 0.05) is 6.54 Å². The highest BCUT2D eigenvalue weighted by Crippen LogP contribution is 2.21. The molecule has 1 unspecified atom stereocenters. The molecule has 1 saturated heterocycles. The lowest BCUT2D eigenvalue weighted by atomic mass is 9.89. The van der Waals surface area contributed by atoms with Crippen LogP contribution in [0, 0.1) is 0 Å². The number of nitrogens with one attached hydrogen (secondary N) is 1. The van der Waals surface area contributed by atoms with Crippen LogP contribution < -0.4 is 5.32 Å². The summed E-state index contributed by atoms with van der Waals surface area (Å²) in [5, 5.41) is 3.26. The molecule has 0 aliphatic carbocycles. The summed E-state index contributed by atoms with van der Waals surface area (Å²) in [7, 11) is 3.49. The molecule has 0 amide bonds. The number of likely N-dealkylation sites (tertiary alicyclic amines) is 1. The first-order valence-corrected chi connectivity index (χ1v) is 5.16. The van der Waals surface area contributed by atoms with Crippen LogP contribution in [0.5, 0.6) is 0 Å². The van der Waals surface area contributed by atoms with Gasteiger partial charge >= 0.3 is 5.97 Å². The van der Waals surface area contributed by atoms with E-state index in [2.05, 4.69) is 10.2 Å². The smallest absolute Gasteiger partial charge is 0.327 e. The number of esters is 1. The van der Waals surface area contributed by atoms with Gasteiger partial charge in [0.25, 0.3) is 0 Å². The van der Waals surface area contributed by atoms with Gasteiger partial charge in [-0.05, 0) is 33.0 Å². The number of carbonyl (C=O) groups excluding carboxylic acids is 1. The highest BCUT2D eigenvalue weighted by Gasteiger charge is 2.41. The zero-order valence-electron chi connectivity index (χ0n) is 9.30. The van der Waals surface area contributed by atoms with Gasteiger partial charge in [-0.2, -0.15) is 0 Å². The largest absolute Gasteiger partial charge is 0.468 e. The number of hydrogen-bond donors (Lipinski definition) is 1. The number of hydrogen-bond acceptors (Lipinski definition) is 4. The SMILES string of the molecule is CCNC1(C(=O)OC)CCCN(C)C1. The summed E-state index contributed by atoms with van der Waals surface area (Å²) in [6.07, 6.45) is 1.91. The lowest BCUT2D eigenvalue weighted by molar-refractivity contribution is -0.151. The molecular weight excluding hydrogens is 180 g/mol. The minimum atomic E-state index is -0.476. The van der Waals surface area contributed by atoms with Crippen molar-refractivity contribution in [1.82, 2.24) is 10.2 Å². The Morgan fingerprint density at radius 2 is 2.36 bits per heavy atom. The van der Waals surface area contributed by atoms with Crippen LogP contribution in [-0.2, 0) is 9.53 Å². The molecule has 4 nitrogen and oxygen atoms in total. The van der Waals surface area contributed by atoms with Gasteiger partial charge in [0.05, 0.1) is 7.11 Å². The van der Waals surface area contributed by atoms with E-state index < -0.39 is 5.54 Å². The van der Waals surface area contributed by atoms with Crippen LogP contribution in [0.3, 0.4) is 0 Å². The fraction of sp³-hybridized carbons (Fsp3) is 0.900. The summed E-state index contributed by atoms with van der Waals surface area (Å²) in [6, 6.07) is 0. The number of likely N-dealkylation sites (N-methyl/N-ethyl adjacent to an activating group) is 2. The molecule has 0 saturated carbocycles. The molecule has 0 bridgehead atoms. The van der Waals surface area contributed by atoms with Gasteiger partial charge < -0.3 is 15.0 Å². The zero-order chi connectivity index (χ0) is 10.6. The van der Waals surface area contributed by atoms with Gasteiger partial charge in [0.1, 0.15) is 5.54 Å². The summed E-state index contributed by atoms with van der Waals surface area (Å²) in [5.74, 6) is -0.133. The van der Waals surface area contributed by atoms with Crippen molar-refractivity contribution < 1.29 is 9.53 Å². The number of ether oxygens (including phenoxy) is 1. The van der Waals surface area contributed by atoms with Crippen LogP contribution in [0.1, 0.15) is 19.8 Å². The van der Waals surface area contributed by atoms with Crippen LogP contribution in [0.4, 0.5) is 0 Å². The summed E-state index contributed by atoms with van der Waals surface area (Å²) in [6.45, 7) is 4.61. The van der Waals surface area contributed by atoms with Crippen molar-refractivity contribution in [2.24, 2.45) is 0 Å². The van der Waals surface area contributed by atoms with Crippen molar-refractivity contribution in [2.45, 2.75) is 25.3 Å². The lowest BCUT2D eigenvalue weighted by Gasteiger charge is -2.39. The van der Waals surface area contributed by atoms with Crippen LogP contribution in [0.2, 0.25) is 0 Å².